The highest BCUT2D eigenvalue weighted by Crippen LogP contribution is 2.24. The summed E-state index contributed by atoms with van der Waals surface area (Å²) in [6, 6.07) is 5.70. The molecule has 0 saturated heterocycles. The molecule has 0 radical (unpaired) electrons. The van der Waals surface area contributed by atoms with Gasteiger partial charge >= 0.3 is 0 Å². The first-order valence-corrected chi connectivity index (χ1v) is 7.96. The SMILES string of the molecule is COc1ccc(OC)c(CC(=O)NC(C)CCCC(C)C)c1. The number of methoxy groups -OCH3 is 2. The quantitative estimate of drug-likeness (QED) is 0.758. The standard InChI is InChI=1S/C18H29NO3/c1-13(2)7-6-8-14(3)19-18(20)12-15-11-16(21-4)9-10-17(15)22-5/h9-11,13-14H,6-8,12H2,1-5H3,(H,19,20). The Morgan fingerprint density at radius 3 is 2.45 bits per heavy atom. The smallest absolute Gasteiger partial charge is 0.224 e. The molecule has 0 spiro atoms. The van der Waals surface area contributed by atoms with Crippen molar-refractivity contribution in [3.05, 3.63) is 23.8 Å². The molecular formula is C18H29NO3. The van der Waals surface area contributed by atoms with Crippen molar-refractivity contribution in [1.29, 1.82) is 0 Å². The zero-order valence-electron chi connectivity index (χ0n) is 14.4. The van der Waals surface area contributed by atoms with Gasteiger partial charge in [0.2, 0.25) is 5.91 Å². The van der Waals surface area contributed by atoms with Crippen LogP contribution in [0.15, 0.2) is 18.2 Å². The Balaban J connectivity index is 2.53. The molecule has 1 N–H and O–H groups in total. The van der Waals surface area contributed by atoms with Gasteiger partial charge < -0.3 is 14.8 Å². The van der Waals surface area contributed by atoms with Gasteiger partial charge in [0.1, 0.15) is 11.5 Å². The van der Waals surface area contributed by atoms with Crippen molar-refractivity contribution in [3.8, 4) is 11.5 Å². The fourth-order valence-electron chi connectivity index (χ4n) is 2.42. The van der Waals surface area contributed by atoms with Gasteiger partial charge in [0.05, 0.1) is 20.6 Å². The van der Waals surface area contributed by atoms with E-state index in [-0.39, 0.29) is 11.9 Å². The van der Waals surface area contributed by atoms with Gasteiger partial charge in [0.25, 0.3) is 0 Å². The predicted octanol–water partition coefficient (Wildman–Crippen LogP) is 3.58. The normalized spacial score (nSPS) is 12.1. The Morgan fingerprint density at radius 1 is 1.14 bits per heavy atom. The second kappa shape index (κ2) is 9.34. The summed E-state index contributed by atoms with van der Waals surface area (Å²) in [6.45, 7) is 6.50. The molecular weight excluding hydrogens is 278 g/mol. The fourth-order valence-corrected chi connectivity index (χ4v) is 2.42. The topological polar surface area (TPSA) is 47.6 Å². The summed E-state index contributed by atoms with van der Waals surface area (Å²) >= 11 is 0. The number of ether oxygens (including phenoxy) is 2. The summed E-state index contributed by atoms with van der Waals surface area (Å²) in [4.78, 5) is 12.2. The Morgan fingerprint density at radius 2 is 1.86 bits per heavy atom. The molecule has 4 heteroatoms. The van der Waals surface area contributed by atoms with Crippen molar-refractivity contribution >= 4 is 5.91 Å². The van der Waals surface area contributed by atoms with E-state index < -0.39 is 0 Å². The Bertz CT molecular complexity index is 471. The molecule has 0 aliphatic heterocycles. The first-order chi connectivity index (χ1) is 10.5. The summed E-state index contributed by atoms with van der Waals surface area (Å²) < 4.78 is 10.5. The number of hydrogen-bond acceptors (Lipinski definition) is 3. The lowest BCUT2D eigenvalue weighted by Gasteiger charge is -2.15. The third-order valence-corrected chi connectivity index (χ3v) is 3.66. The first-order valence-electron chi connectivity index (χ1n) is 7.96. The summed E-state index contributed by atoms with van der Waals surface area (Å²) in [6.07, 6.45) is 3.65. The maximum Gasteiger partial charge on any atom is 0.224 e. The minimum absolute atomic E-state index is 0.0172. The molecule has 1 amide bonds. The maximum absolute atomic E-state index is 12.2. The van der Waals surface area contributed by atoms with Crippen LogP contribution in [0.5, 0.6) is 11.5 Å². The van der Waals surface area contributed by atoms with E-state index in [4.69, 9.17) is 9.47 Å². The minimum Gasteiger partial charge on any atom is -0.497 e. The number of rotatable bonds is 9. The lowest BCUT2D eigenvalue weighted by atomic mass is 10.0. The lowest BCUT2D eigenvalue weighted by Crippen LogP contribution is -2.33. The highest BCUT2D eigenvalue weighted by atomic mass is 16.5. The number of nitrogens with one attached hydrogen (secondary N) is 1. The van der Waals surface area contributed by atoms with Gasteiger partial charge in [0, 0.05) is 11.6 Å². The largest absolute Gasteiger partial charge is 0.497 e. The van der Waals surface area contributed by atoms with Crippen molar-refractivity contribution in [3.63, 3.8) is 0 Å². The molecule has 0 aromatic heterocycles. The van der Waals surface area contributed by atoms with Crippen molar-refractivity contribution in [2.24, 2.45) is 5.92 Å². The molecule has 0 aliphatic rings. The van der Waals surface area contributed by atoms with E-state index in [1.54, 1.807) is 14.2 Å². The summed E-state index contributed by atoms with van der Waals surface area (Å²) in [5, 5.41) is 3.06. The summed E-state index contributed by atoms with van der Waals surface area (Å²) in [5.74, 6) is 2.17. The molecule has 0 heterocycles. The molecule has 0 bridgehead atoms. The van der Waals surface area contributed by atoms with Gasteiger partial charge in [-0.25, -0.2) is 0 Å². The monoisotopic (exact) mass is 307 g/mol. The molecule has 1 aromatic rings. The third kappa shape index (κ3) is 6.37. The summed E-state index contributed by atoms with van der Waals surface area (Å²) in [5.41, 5.74) is 0.841. The van der Waals surface area contributed by atoms with Crippen molar-refractivity contribution in [1.82, 2.24) is 5.32 Å². The zero-order chi connectivity index (χ0) is 16.5. The van der Waals surface area contributed by atoms with Gasteiger partial charge in [-0.15, -0.1) is 0 Å². The zero-order valence-corrected chi connectivity index (χ0v) is 14.4. The predicted molar refractivity (Wildman–Crippen MR) is 89.5 cm³/mol. The van der Waals surface area contributed by atoms with Crippen LogP contribution < -0.4 is 14.8 Å². The van der Waals surface area contributed by atoms with Crippen molar-refractivity contribution in [2.45, 2.75) is 52.5 Å². The number of benzene rings is 1. The van der Waals surface area contributed by atoms with Gasteiger partial charge in [0.15, 0.2) is 0 Å². The van der Waals surface area contributed by atoms with E-state index in [1.165, 1.54) is 6.42 Å². The van der Waals surface area contributed by atoms with Crippen LogP contribution in [0.4, 0.5) is 0 Å². The van der Waals surface area contributed by atoms with Crippen LogP contribution in [0.2, 0.25) is 0 Å². The van der Waals surface area contributed by atoms with Gasteiger partial charge in [-0.3, -0.25) is 4.79 Å². The Hall–Kier alpha value is -1.71. The Kier molecular flexibility index (Phi) is 7.78. The molecule has 4 nitrogen and oxygen atoms in total. The maximum atomic E-state index is 12.2. The van der Waals surface area contributed by atoms with Gasteiger partial charge in [-0.05, 0) is 37.5 Å². The molecule has 0 fully saturated rings. The van der Waals surface area contributed by atoms with E-state index in [9.17, 15) is 4.79 Å². The molecule has 0 saturated carbocycles. The van der Waals surface area contributed by atoms with Crippen molar-refractivity contribution < 1.29 is 14.3 Å². The van der Waals surface area contributed by atoms with E-state index in [0.717, 1.165) is 24.2 Å². The molecule has 1 aromatic carbocycles. The van der Waals surface area contributed by atoms with Crippen LogP contribution >= 0.6 is 0 Å². The minimum atomic E-state index is 0.0172. The number of amides is 1. The first kappa shape index (κ1) is 18.3. The van der Waals surface area contributed by atoms with Crippen molar-refractivity contribution in [2.75, 3.05) is 14.2 Å². The third-order valence-electron chi connectivity index (χ3n) is 3.66. The number of carbonyl (C=O) groups excluding carboxylic acids is 1. The molecule has 1 rings (SSSR count). The highest BCUT2D eigenvalue weighted by Gasteiger charge is 2.12. The second-order valence-corrected chi connectivity index (χ2v) is 6.15. The Labute approximate surface area is 134 Å². The van der Waals surface area contributed by atoms with Gasteiger partial charge in [-0.1, -0.05) is 26.7 Å². The van der Waals surface area contributed by atoms with E-state index in [0.29, 0.717) is 18.1 Å². The number of hydrogen-bond donors (Lipinski definition) is 1. The molecule has 0 aliphatic carbocycles. The molecule has 22 heavy (non-hydrogen) atoms. The fraction of sp³-hybridized carbons (Fsp3) is 0.611. The van der Waals surface area contributed by atoms with Crippen LogP contribution in [-0.4, -0.2) is 26.2 Å². The lowest BCUT2D eigenvalue weighted by molar-refractivity contribution is -0.121. The highest BCUT2D eigenvalue weighted by molar-refractivity contribution is 5.79. The second-order valence-electron chi connectivity index (χ2n) is 6.15. The average Bonchev–Trinajstić information content (AvgIpc) is 2.46. The van der Waals surface area contributed by atoms with Crippen LogP contribution in [0.25, 0.3) is 0 Å². The average molecular weight is 307 g/mol. The number of carbonyl (C=O) groups is 1. The van der Waals surface area contributed by atoms with Crippen LogP contribution in [0, 0.1) is 5.92 Å². The van der Waals surface area contributed by atoms with Gasteiger partial charge in [-0.2, -0.15) is 0 Å². The van der Waals surface area contributed by atoms with Crippen LogP contribution in [-0.2, 0) is 11.2 Å². The van der Waals surface area contributed by atoms with Crippen LogP contribution in [0.1, 0.15) is 45.6 Å². The van der Waals surface area contributed by atoms with E-state index in [1.807, 2.05) is 18.2 Å². The van der Waals surface area contributed by atoms with Crippen LogP contribution in [0.3, 0.4) is 0 Å². The van der Waals surface area contributed by atoms with E-state index >= 15 is 0 Å². The molecule has 1 atom stereocenters. The molecule has 124 valence electrons. The summed E-state index contributed by atoms with van der Waals surface area (Å²) in [7, 11) is 3.22. The molecule has 1 unspecified atom stereocenters. The van der Waals surface area contributed by atoms with E-state index in [2.05, 4.69) is 26.1 Å².